The Morgan fingerprint density at radius 2 is 1.51 bits per heavy atom. The van der Waals surface area contributed by atoms with E-state index >= 15 is 0 Å². The molecule has 0 radical (unpaired) electrons. The number of carbonyl (C=O) groups excluding carboxylic acids is 2. The maximum absolute atomic E-state index is 12.3. The summed E-state index contributed by atoms with van der Waals surface area (Å²) in [5, 5.41) is 14.4. The Bertz CT molecular complexity index is 1000. The highest BCUT2D eigenvalue weighted by atomic mass is 16.5. The van der Waals surface area contributed by atoms with Crippen LogP contribution in [0.5, 0.6) is 0 Å². The molecular formula is C28H34N2O5. The van der Waals surface area contributed by atoms with Gasteiger partial charge in [-0.25, -0.2) is 4.79 Å². The number of alkyl carbamates (subject to hydrolysis) is 1. The summed E-state index contributed by atoms with van der Waals surface area (Å²) >= 11 is 0. The molecular weight excluding hydrogens is 444 g/mol. The van der Waals surface area contributed by atoms with Gasteiger partial charge in [-0.1, -0.05) is 55.0 Å². The zero-order chi connectivity index (χ0) is 24.6. The van der Waals surface area contributed by atoms with Gasteiger partial charge in [-0.2, -0.15) is 0 Å². The van der Waals surface area contributed by atoms with Gasteiger partial charge in [0.25, 0.3) is 0 Å². The Balaban J connectivity index is 1.09. The van der Waals surface area contributed by atoms with E-state index in [9.17, 15) is 14.4 Å². The first-order valence-electron chi connectivity index (χ1n) is 12.6. The van der Waals surface area contributed by atoms with E-state index in [1.54, 1.807) is 0 Å². The molecule has 3 N–H and O–H groups in total. The maximum Gasteiger partial charge on any atom is 0.407 e. The highest BCUT2D eigenvalue weighted by Gasteiger charge is 2.32. The monoisotopic (exact) mass is 478 g/mol. The number of unbranched alkanes of at least 4 members (excludes halogenated alkanes) is 2. The van der Waals surface area contributed by atoms with Gasteiger partial charge in [0.15, 0.2) is 0 Å². The number of amides is 2. The van der Waals surface area contributed by atoms with E-state index in [2.05, 4.69) is 34.9 Å². The maximum atomic E-state index is 12.3. The van der Waals surface area contributed by atoms with Gasteiger partial charge < -0.3 is 20.5 Å². The molecule has 0 saturated heterocycles. The highest BCUT2D eigenvalue weighted by molar-refractivity contribution is 5.79. The van der Waals surface area contributed by atoms with E-state index in [0.29, 0.717) is 44.4 Å². The number of rotatable bonds is 12. The van der Waals surface area contributed by atoms with Gasteiger partial charge in [0.2, 0.25) is 5.91 Å². The van der Waals surface area contributed by atoms with Crippen molar-refractivity contribution in [2.24, 2.45) is 11.8 Å². The number of carboxylic acid groups (broad SMARTS) is 1. The first-order valence-corrected chi connectivity index (χ1v) is 12.6. The molecule has 0 bridgehead atoms. The number of hydrogen-bond acceptors (Lipinski definition) is 4. The zero-order valence-corrected chi connectivity index (χ0v) is 20.0. The first kappa shape index (κ1) is 24.8. The molecule has 2 amide bonds. The quantitative estimate of drug-likeness (QED) is 0.384. The standard InChI is InChI=1S/C28H34N2O5/c31-26(29-13-7-1-2-12-27(32)33)16-19-14-20(15-19)17-30-28(34)35-18-25-23-10-5-3-8-21(23)22-9-4-6-11-24(22)25/h3-6,8-11,19-20,25H,1-2,7,12-18H2,(H,29,31)(H,30,34)(H,32,33). The lowest BCUT2D eigenvalue weighted by atomic mass is 9.73. The van der Waals surface area contributed by atoms with Gasteiger partial charge >= 0.3 is 12.1 Å². The summed E-state index contributed by atoms with van der Waals surface area (Å²) in [4.78, 5) is 34.9. The summed E-state index contributed by atoms with van der Waals surface area (Å²) in [6.07, 6.45) is 4.40. The van der Waals surface area contributed by atoms with Crippen molar-refractivity contribution in [3.8, 4) is 11.1 Å². The van der Waals surface area contributed by atoms with Crippen LogP contribution in [0.25, 0.3) is 11.1 Å². The van der Waals surface area contributed by atoms with E-state index in [1.807, 2.05) is 24.3 Å². The van der Waals surface area contributed by atoms with Gasteiger partial charge in [0.05, 0.1) is 0 Å². The normalized spacial score (nSPS) is 18.2. The van der Waals surface area contributed by atoms with Crippen molar-refractivity contribution in [3.63, 3.8) is 0 Å². The summed E-state index contributed by atoms with van der Waals surface area (Å²) in [5.41, 5.74) is 4.81. The molecule has 2 aliphatic carbocycles. The summed E-state index contributed by atoms with van der Waals surface area (Å²) in [6, 6.07) is 16.5. The van der Waals surface area contributed by atoms with Crippen LogP contribution in [-0.4, -0.2) is 42.8 Å². The van der Waals surface area contributed by atoms with Crippen LogP contribution in [0.2, 0.25) is 0 Å². The van der Waals surface area contributed by atoms with Gasteiger partial charge in [-0.05, 0) is 59.8 Å². The molecule has 0 aromatic heterocycles. The Kier molecular flexibility index (Phi) is 8.40. The van der Waals surface area contributed by atoms with Crippen molar-refractivity contribution in [1.29, 1.82) is 0 Å². The lowest BCUT2D eigenvalue weighted by Gasteiger charge is -2.35. The number of aliphatic carboxylic acids is 1. The van der Waals surface area contributed by atoms with Gasteiger partial charge in [0.1, 0.15) is 6.61 Å². The number of hydrogen-bond donors (Lipinski definition) is 3. The molecule has 2 aromatic rings. The second-order valence-corrected chi connectivity index (χ2v) is 9.67. The van der Waals surface area contributed by atoms with Crippen molar-refractivity contribution in [3.05, 3.63) is 59.7 Å². The minimum Gasteiger partial charge on any atom is -0.481 e. The Labute approximate surface area is 206 Å². The molecule has 7 heteroatoms. The smallest absolute Gasteiger partial charge is 0.407 e. The van der Waals surface area contributed by atoms with E-state index in [0.717, 1.165) is 25.7 Å². The SMILES string of the molecule is O=C(O)CCCCCNC(=O)CC1CC(CNC(=O)OCC2c3ccccc3-c3ccccc32)C1. The molecule has 0 spiro atoms. The average Bonchev–Trinajstić information content (AvgIpc) is 3.15. The highest BCUT2D eigenvalue weighted by Crippen LogP contribution is 2.44. The molecule has 4 rings (SSSR count). The molecule has 1 fully saturated rings. The fourth-order valence-corrected chi connectivity index (χ4v) is 5.22. The van der Waals surface area contributed by atoms with Crippen LogP contribution >= 0.6 is 0 Å². The van der Waals surface area contributed by atoms with E-state index in [1.165, 1.54) is 22.3 Å². The number of fused-ring (bicyclic) bond motifs is 3. The third-order valence-corrected chi connectivity index (χ3v) is 7.08. The lowest BCUT2D eigenvalue weighted by molar-refractivity contribution is -0.137. The number of carbonyl (C=O) groups is 3. The summed E-state index contributed by atoms with van der Waals surface area (Å²) in [6.45, 7) is 1.47. The van der Waals surface area contributed by atoms with Crippen molar-refractivity contribution < 1.29 is 24.2 Å². The first-order chi connectivity index (χ1) is 17.0. The Morgan fingerprint density at radius 3 is 2.17 bits per heavy atom. The summed E-state index contributed by atoms with van der Waals surface area (Å²) in [5.74, 6) is 0.0652. The molecule has 35 heavy (non-hydrogen) atoms. The van der Waals surface area contributed by atoms with Crippen LogP contribution in [0.4, 0.5) is 4.79 Å². The lowest BCUT2D eigenvalue weighted by Crippen LogP contribution is -2.38. The second-order valence-electron chi connectivity index (χ2n) is 9.67. The van der Waals surface area contributed by atoms with Gasteiger partial charge in [-0.3, -0.25) is 9.59 Å². The van der Waals surface area contributed by atoms with Crippen LogP contribution in [-0.2, 0) is 14.3 Å². The molecule has 2 aromatic carbocycles. The van der Waals surface area contributed by atoms with Crippen molar-refractivity contribution >= 4 is 18.0 Å². The zero-order valence-electron chi connectivity index (χ0n) is 20.0. The molecule has 0 atom stereocenters. The predicted octanol–water partition coefficient (Wildman–Crippen LogP) is 4.70. The van der Waals surface area contributed by atoms with Crippen LogP contribution in [0.15, 0.2) is 48.5 Å². The number of benzene rings is 2. The van der Waals surface area contributed by atoms with E-state index in [4.69, 9.17) is 9.84 Å². The molecule has 7 nitrogen and oxygen atoms in total. The predicted molar refractivity (Wildman–Crippen MR) is 133 cm³/mol. The topological polar surface area (TPSA) is 105 Å². The molecule has 186 valence electrons. The van der Waals surface area contributed by atoms with Gasteiger partial charge in [0, 0.05) is 31.8 Å². The second kappa shape index (κ2) is 11.9. The summed E-state index contributed by atoms with van der Waals surface area (Å²) in [7, 11) is 0. The number of ether oxygens (including phenoxy) is 1. The van der Waals surface area contributed by atoms with Crippen molar-refractivity contribution in [1.82, 2.24) is 10.6 Å². The number of nitrogens with one attached hydrogen (secondary N) is 2. The third-order valence-electron chi connectivity index (χ3n) is 7.08. The van der Waals surface area contributed by atoms with Crippen LogP contribution in [0.3, 0.4) is 0 Å². The van der Waals surface area contributed by atoms with Gasteiger partial charge in [-0.15, -0.1) is 0 Å². The van der Waals surface area contributed by atoms with E-state index in [-0.39, 0.29) is 18.2 Å². The fourth-order valence-electron chi connectivity index (χ4n) is 5.22. The van der Waals surface area contributed by atoms with Crippen LogP contribution in [0, 0.1) is 11.8 Å². The summed E-state index contributed by atoms with van der Waals surface area (Å²) < 4.78 is 5.59. The molecule has 0 unspecified atom stereocenters. The van der Waals surface area contributed by atoms with Crippen LogP contribution < -0.4 is 10.6 Å². The molecule has 0 heterocycles. The molecule has 2 aliphatic rings. The van der Waals surface area contributed by atoms with Crippen molar-refractivity contribution in [2.45, 2.75) is 50.9 Å². The van der Waals surface area contributed by atoms with Crippen LogP contribution in [0.1, 0.15) is 62.0 Å². The Morgan fingerprint density at radius 1 is 0.857 bits per heavy atom. The molecule has 0 aliphatic heterocycles. The largest absolute Gasteiger partial charge is 0.481 e. The average molecular weight is 479 g/mol. The fraction of sp³-hybridized carbons (Fsp3) is 0.464. The van der Waals surface area contributed by atoms with E-state index < -0.39 is 12.1 Å². The molecule has 1 saturated carbocycles. The Hall–Kier alpha value is -3.35. The minimum absolute atomic E-state index is 0.0520. The minimum atomic E-state index is -0.776. The number of carboxylic acids is 1. The van der Waals surface area contributed by atoms with Crippen molar-refractivity contribution in [2.75, 3.05) is 19.7 Å². The third kappa shape index (κ3) is 6.62.